The second kappa shape index (κ2) is 6.80. The van der Waals surface area contributed by atoms with Crippen molar-refractivity contribution in [1.29, 1.82) is 0 Å². The van der Waals surface area contributed by atoms with Crippen LogP contribution in [0.2, 0.25) is 0 Å². The zero-order chi connectivity index (χ0) is 15.3. The second-order valence-electron chi connectivity index (χ2n) is 6.35. The van der Waals surface area contributed by atoms with Gasteiger partial charge in [0.2, 0.25) is 11.8 Å². The zero-order valence-electron chi connectivity index (χ0n) is 12.8. The molecule has 0 bridgehead atoms. The molecule has 0 aromatic carbocycles. The number of hydrogen-bond acceptors (Lipinski definition) is 4. The number of amides is 2. The Hall–Kier alpha value is -1.75. The van der Waals surface area contributed by atoms with Gasteiger partial charge in [0.25, 0.3) is 0 Å². The highest BCUT2D eigenvalue weighted by Gasteiger charge is 2.36. The van der Waals surface area contributed by atoms with Crippen LogP contribution >= 0.6 is 0 Å². The van der Waals surface area contributed by atoms with Gasteiger partial charge in [-0.2, -0.15) is 0 Å². The van der Waals surface area contributed by atoms with Gasteiger partial charge in [0, 0.05) is 38.3 Å². The second-order valence-corrected chi connectivity index (χ2v) is 6.35. The molecule has 1 fully saturated rings. The lowest BCUT2D eigenvalue weighted by Crippen LogP contribution is -2.46. The van der Waals surface area contributed by atoms with E-state index in [1.165, 1.54) is 4.90 Å². The van der Waals surface area contributed by atoms with Gasteiger partial charge in [0.05, 0.1) is 0 Å². The van der Waals surface area contributed by atoms with Crippen molar-refractivity contribution in [2.24, 2.45) is 5.41 Å². The van der Waals surface area contributed by atoms with E-state index in [0.29, 0.717) is 19.4 Å². The van der Waals surface area contributed by atoms with Crippen molar-refractivity contribution in [2.45, 2.75) is 39.7 Å². The normalized spacial score (nSPS) is 18.1. The molecule has 0 radical (unpaired) electrons. The van der Waals surface area contributed by atoms with Crippen LogP contribution in [0, 0.1) is 5.41 Å². The SMILES string of the molecule is CC1(C)CC(=O)N(CCCNCc2cccnc2)C(=O)C1. The first-order chi connectivity index (χ1) is 9.98. The number of carbonyl (C=O) groups excluding carboxylic acids is 2. The number of nitrogens with zero attached hydrogens (tertiary/aromatic N) is 2. The van der Waals surface area contributed by atoms with Crippen LogP contribution in [0.4, 0.5) is 0 Å². The molecule has 114 valence electrons. The van der Waals surface area contributed by atoms with Gasteiger partial charge in [0.1, 0.15) is 0 Å². The fraction of sp³-hybridized carbons (Fsp3) is 0.562. The molecule has 1 aromatic rings. The molecular formula is C16H23N3O2. The monoisotopic (exact) mass is 289 g/mol. The lowest BCUT2D eigenvalue weighted by molar-refractivity contribution is -0.152. The Morgan fingerprint density at radius 2 is 2.00 bits per heavy atom. The summed E-state index contributed by atoms with van der Waals surface area (Å²) in [7, 11) is 0. The largest absolute Gasteiger partial charge is 0.313 e. The highest BCUT2D eigenvalue weighted by Crippen LogP contribution is 2.31. The molecule has 0 saturated carbocycles. The number of hydrogen-bond donors (Lipinski definition) is 1. The number of piperidine rings is 1. The molecule has 1 saturated heterocycles. The van der Waals surface area contributed by atoms with Crippen LogP contribution in [0.5, 0.6) is 0 Å². The fourth-order valence-electron chi connectivity index (χ4n) is 2.56. The van der Waals surface area contributed by atoms with Crippen molar-refractivity contribution in [3.63, 3.8) is 0 Å². The van der Waals surface area contributed by atoms with Gasteiger partial charge in [-0.05, 0) is 30.0 Å². The van der Waals surface area contributed by atoms with E-state index >= 15 is 0 Å². The van der Waals surface area contributed by atoms with Gasteiger partial charge in [0.15, 0.2) is 0 Å². The van der Waals surface area contributed by atoms with Gasteiger partial charge >= 0.3 is 0 Å². The summed E-state index contributed by atoms with van der Waals surface area (Å²) in [4.78, 5) is 29.4. The molecule has 2 heterocycles. The van der Waals surface area contributed by atoms with Crippen LogP contribution in [0.25, 0.3) is 0 Å². The maximum atomic E-state index is 12.0. The first kappa shape index (κ1) is 15.6. The fourth-order valence-corrected chi connectivity index (χ4v) is 2.56. The van der Waals surface area contributed by atoms with Gasteiger partial charge in [-0.15, -0.1) is 0 Å². The molecule has 1 aliphatic rings. The minimum atomic E-state index is -0.191. The molecule has 2 amide bonds. The Labute approximate surface area is 125 Å². The summed E-state index contributed by atoms with van der Waals surface area (Å²) in [6.45, 7) is 5.97. The molecule has 0 aliphatic carbocycles. The molecule has 21 heavy (non-hydrogen) atoms. The molecule has 1 aromatic heterocycles. The Balaban J connectivity index is 1.69. The predicted molar refractivity (Wildman–Crippen MR) is 80.3 cm³/mol. The first-order valence-corrected chi connectivity index (χ1v) is 7.41. The number of carbonyl (C=O) groups is 2. The Morgan fingerprint density at radius 1 is 1.29 bits per heavy atom. The summed E-state index contributed by atoms with van der Waals surface area (Å²) in [6, 6.07) is 3.92. The highest BCUT2D eigenvalue weighted by atomic mass is 16.2. The average Bonchev–Trinajstić information content (AvgIpc) is 2.41. The molecule has 1 aliphatic heterocycles. The molecule has 1 N–H and O–H groups in total. The quantitative estimate of drug-likeness (QED) is 0.640. The number of pyridine rings is 1. The van der Waals surface area contributed by atoms with Crippen LogP contribution in [-0.2, 0) is 16.1 Å². The van der Waals surface area contributed by atoms with E-state index in [4.69, 9.17) is 0 Å². The summed E-state index contributed by atoms with van der Waals surface area (Å²) < 4.78 is 0. The Bertz CT molecular complexity index is 480. The number of likely N-dealkylation sites (tertiary alicyclic amines) is 1. The van der Waals surface area contributed by atoms with E-state index in [1.807, 2.05) is 32.2 Å². The first-order valence-electron chi connectivity index (χ1n) is 7.41. The van der Waals surface area contributed by atoms with Crippen molar-refractivity contribution in [3.05, 3.63) is 30.1 Å². The molecule has 0 unspecified atom stereocenters. The predicted octanol–water partition coefficient (Wildman–Crippen LogP) is 1.74. The minimum absolute atomic E-state index is 0.0384. The highest BCUT2D eigenvalue weighted by molar-refractivity contribution is 5.98. The number of rotatable bonds is 6. The molecule has 5 nitrogen and oxygen atoms in total. The third-order valence-electron chi connectivity index (χ3n) is 3.65. The topological polar surface area (TPSA) is 62.3 Å². The van der Waals surface area contributed by atoms with Crippen molar-refractivity contribution in [1.82, 2.24) is 15.2 Å². The summed E-state index contributed by atoms with van der Waals surface area (Å²) >= 11 is 0. The van der Waals surface area contributed by atoms with E-state index in [0.717, 1.165) is 25.1 Å². The van der Waals surface area contributed by atoms with E-state index in [9.17, 15) is 9.59 Å². The molecular weight excluding hydrogens is 266 g/mol. The average molecular weight is 289 g/mol. The van der Waals surface area contributed by atoms with E-state index in [1.54, 1.807) is 6.20 Å². The van der Waals surface area contributed by atoms with Crippen molar-refractivity contribution in [3.8, 4) is 0 Å². The van der Waals surface area contributed by atoms with Crippen LogP contribution in [0.1, 0.15) is 38.7 Å². The summed E-state index contributed by atoms with van der Waals surface area (Å²) in [5.74, 6) is -0.0768. The van der Waals surface area contributed by atoms with E-state index < -0.39 is 0 Å². The lowest BCUT2D eigenvalue weighted by Gasteiger charge is -2.34. The van der Waals surface area contributed by atoms with Gasteiger partial charge in [-0.25, -0.2) is 0 Å². The molecule has 0 spiro atoms. The third kappa shape index (κ3) is 4.63. The summed E-state index contributed by atoms with van der Waals surface area (Å²) in [5.41, 5.74) is 0.938. The van der Waals surface area contributed by atoms with Crippen molar-refractivity contribution < 1.29 is 9.59 Å². The van der Waals surface area contributed by atoms with Gasteiger partial charge < -0.3 is 5.32 Å². The number of nitrogens with one attached hydrogen (secondary N) is 1. The Morgan fingerprint density at radius 3 is 2.62 bits per heavy atom. The number of imide groups is 1. The maximum absolute atomic E-state index is 12.0. The zero-order valence-corrected chi connectivity index (χ0v) is 12.8. The Kier molecular flexibility index (Phi) is 5.07. The van der Waals surface area contributed by atoms with Gasteiger partial charge in [-0.1, -0.05) is 19.9 Å². The van der Waals surface area contributed by atoms with Gasteiger partial charge in [-0.3, -0.25) is 19.5 Å². The summed E-state index contributed by atoms with van der Waals surface area (Å²) in [6.07, 6.45) is 5.27. The van der Waals surface area contributed by atoms with E-state index in [-0.39, 0.29) is 17.2 Å². The number of aromatic nitrogens is 1. The molecule has 2 rings (SSSR count). The third-order valence-corrected chi connectivity index (χ3v) is 3.65. The maximum Gasteiger partial charge on any atom is 0.229 e. The van der Waals surface area contributed by atoms with Crippen molar-refractivity contribution in [2.75, 3.05) is 13.1 Å². The minimum Gasteiger partial charge on any atom is -0.313 e. The van der Waals surface area contributed by atoms with Crippen LogP contribution in [-0.4, -0.2) is 34.8 Å². The summed E-state index contributed by atoms with van der Waals surface area (Å²) in [5, 5.41) is 3.30. The lowest BCUT2D eigenvalue weighted by atomic mass is 9.82. The van der Waals surface area contributed by atoms with Crippen LogP contribution < -0.4 is 5.32 Å². The standard InChI is InChI=1S/C16H23N3O2/c1-16(2)9-14(20)19(15(21)10-16)8-4-7-18-12-13-5-3-6-17-11-13/h3,5-6,11,18H,4,7-10,12H2,1-2H3. The van der Waals surface area contributed by atoms with Crippen LogP contribution in [0.15, 0.2) is 24.5 Å². The van der Waals surface area contributed by atoms with E-state index in [2.05, 4.69) is 10.3 Å². The van der Waals surface area contributed by atoms with Crippen LogP contribution in [0.3, 0.4) is 0 Å². The molecule has 0 atom stereocenters. The molecule has 5 heteroatoms. The van der Waals surface area contributed by atoms with Crippen molar-refractivity contribution >= 4 is 11.8 Å². The smallest absolute Gasteiger partial charge is 0.229 e.